The lowest BCUT2D eigenvalue weighted by atomic mass is 10.1. The van der Waals surface area contributed by atoms with Gasteiger partial charge in [0.05, 0.1) is 18.5 Å². The molecule has 4 rings (SSSR count). The van der Waals surface area contributed by atoms with Crippen LogP contribution < -0.4 is 15.8 Å². The fraction of sp³-hybridized carbons (Fsp3) is 0.190. The van der Waals surface area contributed by atoms with Crippen LogP contribution in [0.1, 0.15) is 35.1 Å². The number of pyridine rings is 1. The second-order valence-corrected chi connectivity index (χ2v) is 8.67. The van der Waals surface area contributed by atoms with Gasteiger partial charge in [-0.25, -0.2) is 9.97 Å². The Balaban J connectivity index is 1.56. The van der Waals surface area contributed by atoms with E-state index < -0.39 is 0 Å². The zero-order valence-electron chi connectivity index (χ0n) is 16.2. The van der Waals surface area contributed by atoms with Crippen molar-refractivity contribution >= 4 is 49.6 Å². The minimum Gasteiger partial charge on any atom is -0.497 e. The number of carbonyl (C=O) groups excluding carboxylic acids is 1. The van der Waals surface area contributed by atoms with Crippen LogP contribution >= 0.6 is 22.7 Å². The van der Waals surface area contributed by atoms with Gasteiger partial charge >= 0.3 is 0 Å². The number of benzene rings is 1. The first-order chi connectivity index (χ1) is 14.0. The number of nitrogens with one attached hydrogen (secondary N) is 1. The van der Waals surface area contributed by atoms with Crippen LogP contribution in [0.15, 0.2) is 41.8 Å². The molecule has 8 heteroatoms. The fourth-order valence-corrected chi connectivity index (χ4v) is 4.59. The first-order valence-corrected chi connectivity index (χ1v) is 10.8. The van der Waals surface area contributed by atoms with Gasteiger partial charge in [0.2, 0.25) is 0 Å². The van der Waals surface area contributed by atoms with E-state index in [1.165, 1.54) is 22.7 Å². The fourth-order valence-electron chi connectivity index (χ4n) is 2.88. The Kier molecular flexibility index (Phi) is 5.21. The quantitative estimate of drug-likeness (QED) is 0.448. The number of fused-ring (bicyclic) bond motifs is 1. The molecule has 0 saturated carbocycles. The Hall–Kier alpha value is -2.97. The lowest BCUT2D eigenvalue weighted by molar-refractivity contribution is 0.103. The van der Waals surface area contributed by atoms with Gasteiger partial charge < -0.3 is 10.5 Å². The molecule has 0 aliphatic rings. The summed E-state index contributed by atoms with van der Waals surface area (Å²) in [5.74, 6) is 0.825. The summed E-state index contributed by atoms with van der Waals surface area (Å²) in [5, 5.41) is 6.09. The summed E-state index contributed by atoms with van der Waals surface area (Å²) in [7, 11) is 1.63. The third-order valence-corrected chi connectivity index (χ3v) is 6.40. The molecular weight excluding hydrogens is 404 g/mol. The third kappa shape index (κ3) is 3.81. The van der Waals surface area contributed by atoms with Gasteiger partial charge in [-0.05, 0) is 42.3 Å². The number of thiophene rings is 1. The van der Waals surface area contributed by atoms with Crippen LogP contribution in [0.5, 0.6) is 5.75 Å². The molecule has 0 unspecified atom stereocenters. The summed E-state index contributed by atoms with van der Waals surface area (Å²) >= 11 is 2.68. The van der Waals surface area contributed by atoms with Crippen molar-refractivity contribution in [2.45, 2.75) is 19.8 Å². The minimum absolute atomic E-state index is 0.271. The van der Waals surface area contributed by atoms with Crippen LogP contribution in [0.4, 0.5) is 10.8 Å². The molecule has 3 heterocycles. The molecule has 4 aromatic rings. The van der Waals surface area contributed by atoms with Crippen molar-refractivity contribution in [1.29, 1.82) is 0 Å². The average molecular weight is 425 g/mol. The number of aromatic nitrogens is 2. The number of amides is 1. The molecule has 148 valence electrons. The predicted molar refractivity (Wildman–Crippen MR) is 120 cm³/mol. The molecule has 0 atom stereocenters. The van der Waals surface area contributed by atoms with Gasteiger partial charge in [0.15, 0.2) is 5.13 Å². The second-order valence-electron chi connectivity index (χ2n) is 6.81. The monoisotopic (exact) mass is 424 g/mol. The third-order valence-electron chi connectivity index (χ3n) is 4.52. The number of hydrogen-bond acceptors (Lipinski definition) is 7. The van der Waals surface area contributed by atoms with E-state index in [2.05, 4.69) is 29.1 Å². The van der Waals surface area contributed by atoms with Crippen molar-refractivity contribution in [3.05, 3.63) is 52.3 Å². The Labute approximate surface area is 176 Å². The molecule has 3 N–H and O–H groups in total. The topological polar surface area (TPSA) is 90.1 Å². The molecule has 0 aliphatic heterocycles. The number of hydrogen-bond donors (Lipinski definition) is 2. The molecule has 0 bridgehead atoms. The van der Waals surface area contributed by atoms with Gasteiger partial charge in [0.1, 0.15) is 15.5 Å². The number of anilines is 2. The molecule has 1 aromatic carbocycles. The van der Waals surface area contributed by atoms with Gasteiger partial charge in [0.25, 0.3) is 5.91 Å². The molecule has 0 radical (unpaired) electrons. The van der Waals surface area contributed by atoms with E-state index in [0.717, 1.165) is 32.9 Å². The van der Waals surface area contributed by atoms with Crippen LogP contribution in [0, 0.1) is 0 Å². The van der Waals surface area contributed by atoms with E-state index in [1.54, 1.807) is 7.11 Å². The summed E-state index contributed by atoms with van der Waals surface area (Å²) in [6, 6.07) is 11.5. The van der Waals surface area contributed by atoms with Crippen LogP contribution in [-0.2, 0) is 0 Å². The van der Waals surface area contributed by atoms with E-state index in [9.17, 15) is 4.79 Å². The van der Waals surface area contributed by atoms with E-state index in [0.29, 0.717) is 21.6 Å². The van der Waals surface area contributed by atoms with Crippen LogP contribution in [0.25, 0.3) is 21.5 Å². The number of rotatable bonds is 5. The summed E-state index contributed by atoms with van der Waals surface area (Å²) in [4.78, 5) is 23.2. The lowest BCUT2D eigenvalue weighted by Crippen LogP contribution is -2.11. The Morgan fingerprint density at radius 1 is 1.14 bits per heavy atom. The number of ether oxygens (including phenoxy) is 1. The summed E-state index contributed by atoms with van der Waals surface area (Å²) < 4.78 is 5.18. The van der Waals surface area contributed by atoms with Crippen molar-refractivity contribution in [3.63, 3.8) is 0 Å². The highest BCUT2D eigenvalue weighted by molar-refractivity contribution is 7.21. The largest absolute Gasteiger partial charge is 0.497 e. The molecule has 29 heavy (non-hydrogen) atoms. The first-order valence-electron chi connectivity index (χ1n) is 9.06. The molecule has 3 aromatic heterocycles. The molecule has 0 saturated heterocycles. The number of methoxy groups -OCH3 is 1. The van der Waals surface area contributed by atoms with E-state index in [1.807, 2.05) is 41.8 Å². The summed E-state index contributed by atoms with van der Waals surface area (Å²) in [6.45, 7) is 4.17. The number of nitrogen functional groups attached to an aromatic ring is 1. The maximum atomic E-state index is 12.8. The van der Waals surface area contributed by atoms with Crippen LogP contribution in [0.3, 0.4) is 0 Å². The molecule has 1 amide bonds. The Bertz CT molecular complexity index is 1180. The van der Waals surface area contributed by atoms with Crippen molar-refractivity contribution in [2.24, 2.45) is 0 Å². The van der Waals surface area contributed by atoms with Gasteiger partial charge in [-0.15, -0.1) is 22.7 Å². The van der Waals surface area contributed by atoms with Crippen LogP contribution in [0.2, 0.25) is 0 Å². The Morgan fingerprint density at radius 3 is 2.59 bits per heavy atom. The predicted octanol–water partition coefficient (Wildman–Crippen LogP) is 5.39. The Morgan fingerprint density at radius 2 is 1.90 bits per heavy atom. The summed E-state index contributed by atoms with van der Waals surface area (Å²) in [6.07, 6.45) is 0. The van der Waals surface area contributed by atoms with E-state index in [4.69, 9.17) is 10.5 Å². The van der Waals surface area contributed by atoms with Crippen molar-refractivity contribution in [2.75, 3.05) is 18.2 Å². The minimum atomic E-state index is -0.271. The van der Waals surface area contributed by atoms with E-state index >= 15 is 0 Å². The average Bonchev–Trinajstić information content (AvgIpc) is 3.32. The molecule has 0 aliphatic carbocycles. The van der Waals surface area contributed by atoms with Crippen molar-refractivity contribution in [3.8, 4) is 17.0 Å². The second kappa shape index (κ2) is 7.81. The lowest BCUT2D eigenvalue weighted by Gasteiger charge is -2.03. The smallest absolute Gasteiger partial charge is 0.269 e. The van der Waals surface area contributed by atoms with Gasteiger partial charge in [-0.3, -0.25) is 10.1 Å². The number of nitrogens with zero attached hydrogens (tertiary/aromatic N) is 2. The zero-order valence-corrected chi connectivity index (χ0v) is 17.9. The normalized spacial score (nSPS) is 11.2. The molecule has 0 fully saturated rings. The number of carbonyl (C=O) groups is 1. The maximum absolute atomic E-state index is 12.8. The molecule has 0 spiro atoms. The zero-order chi connectivity index (χ0) is 20.5. The van der Waals surface area contributed by atoms with Gasteiger partial charge in [-0.2, -0.15) is 0 Å². The highest BCUT2D eigenvalue weighted by atomic mass is 32.1. The van der Waals surface area contributed by atoms with Crippen molar-refractivity contribution < 1.29 is 9.53 Å². The molecule has 6 nitrogen and oxygen atoms in total. The SMILES string of the molecule is COc1ccc(-c2csc(NC(=O)c3sc4nc(C(C)C)ccc4c3N)n2)cc1. The van der Waals surface area contributed by atoms with E-state index in [-0.39, 0.29) is 5.91 Å². The first kappa shape index (κ1) is 19.4. The van der Waals surface area contributed by atoms with Gasteiger partial charge in [-0.1, -0.05) is 13.8 Å². The standard InChI is InChI=1S/C21H20N4O2S2/c1-11(2)15-9-8-14-17(22)18(29-20(14)23-15)19(26)25-21-24-16(10-28-21)12-4-6-13(27-3)7-5-12/h4-11H,22H2,1-3H3,(H,24,25,26). The number of nitrogens with two attached hydrogens (primary N) is 1. The maximum Gasteiger partial charge on any atom is 0.269 e. The summed E-state index contributed by atoms with van der Waals surface area (Å²) in [5.41, 5.74) is 9.41. The molecular formula is C21H20N4O2S2. The van der Waals surface area contributed by atoms with Crippen LogP contribution in [-0.4, -0.2) is 23.0 Å². The van der Waals surface area contributed by atoms with Gasteiger partial charge in [0, 0.05) is 22.0 Å². The van der Waals surface area contributed by atoms with Crippen molar-refractivity contribution in [1.82, 2.24) is 9.97 Å². The highest BCUT2D eigenvalue weighted by Crippen LogP contribution is 2.34. The highest BCUT2D eigenvalue weighted by Gasteiger charge is 2.19. The number of thiazole rings is 1.